The van der Waals surface area contributed by atoms with Gasteiger partial charge >= 0.3 is 5.97 Å². The van der Waals surface area contributed by atoms with E-state index in [9.17, 15) is 14.9 Å². The first-order chi connectivity index (χ1) is 12.3. The molecule has 0 aliphatic carbocycles. The normalized spacial score (nSPS) is 14.5. The summed E-state index contributed by atoms with van der Waals surface area (Å²) < 4.78 is 11.7. The summed E-state index contributed by atoms with van der Waals surface area (Å²) in [6.07, 6.45) is 1.45. The van der Waals surface area contributed by atoms with E-state index in [1.807, 2.05) is 6.92 Å². The predicted octanol–water partition coefficient (Wildman–Crippen LogP) is 5.58. The zero-order valence-electron chi connectivity index (χ0n) is 17.6. The predicted molar refractivity (Wildman–Crippen MR) is 110 cm³/mol. The molecule has 0 bridgehead atoms. The van der Waals surface area contributed by atoms with Gasteiger partial charge in [-0.3, -0.25) is 10.1 Å². The van der Waals surface area contributed by atoms with E-state index in [0.29, 0.717) is 11.5 Å². The molecule has 0 aliphatic rings. The van der Waals surface area contributed by atoms with Gasteiger partial charge in [0.2, 0.25) is 0 Å². The van der Waals surface area contributed by atoms with Crippen LogP contribution in [-0.2, 0) is 9.16 Å². The summed E-state index contributed by atoms with van der Waals surface area (Å²) in [5.74, 6) is -0.0865. The van der Waals surface area contributed by atoms with Gasteiger partial charge in [0.1, 0.15) is 0 Å². The van der Waals surface area contributed by atoms with Crippen molar-refractivity contribution < 1.29 is 18.9 Å². The summed E-state index contributed by atoms with van der Waals surface area (Å²) in [6.45, 7) is 15.9. The van der Waals surface area contributed by atoms with Crippen LogP contribution in [0.4, 0.5) is 5.69 Å². The number of nitrogens with zero attached hydrogens (tertiary/aromatic N) is 1. The second kappa shape index (κ2) is 9.46. The highest BCUT2D eigenvalue weighted by Crippen LogP contribution is 2.36. The van der Waals surface area contributed by atoms with Crippen molar-refractivity contribution in [1.82, 2.24) is 0 Å². The van der Waals surface area contributed by atoms with Gasteiger partial charge in [-0.25, -0.2) is 4.79 Å². The molecule has 0 N–H and O–H groups in total. The van der Waals surface area contributed by atoms with Gasteiger partial charge in [0.25, 0.3) is 5.69 Å². The van der Waals surface area contributed by atoms with Crippen LogP contribution in [0, 0.1) is 16.0 Å². The molecule has 0 aliphatic heterocycles. The number of non-ortho nitro benzene ring substituents is 1. The lowest BCUT2D eigenvalue weighted by atomic mass is 10.0. The quantitative estimate of drug-likeness (QED) is 0.236. The fourth-order valence-electron chi connectivity index (χ4n) is 2.43. The highest BCUT2D eigenvalue weighted by atomic mass is 28.4. The van der Waals surface area contributed by atoms with Gasteiger partial charge < -0.3 is 9.16 Å². The van der Waals surface area contributed by atoms with Crippen molar-refractivity contribution in [2.24, 2.45) is 5.92 Å². The molecule has 0 aromatic heterocycles. The lowest BCUT2D eigenvalue weighted by molar-refractivity contribution is -0.384. The van der Waals surface area contributed by atoms with Crippen LogP contribution >= 0.6 is 0 Å². The Bertz CT molecular complexity index is 637. The molecule has 6 nitrogen and oxygen atoms in total. The molecule has 0 spiro atoms. The van der Waals surface area contributed by atoms with Crippen LogP contribution in [0.2, 0.25) is 18.1 Å². The number of nitro benzene ring substituents is 1. The first-order valence-corrected chi connectivity index (χ1v) is 12.3. The minimum absolute atomic E-state index is 0.0463. The summed E-state index contributed by atoms with van der Waals surface area (Å²) in [4.78, 5) is 22.3. The number of hydrogen-bond donors (Lipinski definition) is 0. The third-order valence-corrected chi connectivity index (χ3v) is 9.77. The fourth-order valence-corrected chi connectivity index (χ4v) is 3.50. The van der Waals surface area contributed by atoms with Gasteiger partial charge in [0.05, 0.1) is 16.6 Å². The van der Waals surface area contributed by atoms with Crippen molar-refractivity contribution in [3.63, 3.8) is 0 Å². The molecule has 1 aromatic rings. The summed E-state index contributed by atoms with van der Waals surface area (Å²) >= 11 is 0. The van der Waals surface area contributed by atoms with Crippen LogP contribution in [0.15, 0.2) is 24.3 Å². The van der Waals surface area contributed by atoms with Gasteiger partial charge in [-0.1, -0.05) is 27.7 Å². The number of rotatable bonds is 9. The SMILES string of the molecule is C[C@@H](CCO[Si](C)(C)C(C)(C)C)C[C@@H](C)OC(=O)c1ccc([N+](=O)[O-])cc1. The van der Waals surface area contributed by atoms with Crippen molar-refractivity contribution in [2.75, 3.05) is 6.61 Å². The molecule has 1 aromatic carbocycles. The Morgan fingerprint density at radius 1 is 1.19 bits per heavy atom. The van der Waals surface area contributed by atoms with E-state index in [2.05, 4.69) is 40.8 Å². The van der Waals surface area contributed by atoms with Crippen molar-refractivity contribution in [1.29, 1.82) is 0 Å². The standard InChI is InChI=1S/C20H33NO5Si/c1-15(12-13-25-27(6,7)20(3,4)5)14-16(2)26-19(22)17-8-10-18(11-9-17)21(23)24/h8-11,15-16H,12-14H2,1-7H3/t15-,16+/m0/s1. The Balaban J connectivity index is 2.43. The van der Waals surface area contributed by atoms with Crippen molar-refractivity contribution in [3.05, 3.63) is 39.9 Å². The molecule has 0 amide bonds. The molecule has 0 saturated carbocycles. The molecular weight excluding hydrogens is 362 g/mol. The highest BCUT2D eigenvalue weighted by molar-refractivity contribution is 6.74. The van der Waals surface area contributed by atoms with Gasteiger partial charge in [-0.15, -0.1) is 0 Å². The summed E-state index contributed by atoms with van der Waals surface area (Å²) in [7, 11) is -1.73. The molecular formula is C20H33NO5Si. The number of ether oxygens (including phenoxy) is 1. The summed E-state index contributed by atoms with van der Waals surface area (Å²) in [6, 6.07) is 5.46. The highest BCUT2D eigenvalue weighted by Gasteiger charge is 2.36. The van der Waals surface area contributed by atoms with Crippen molar-refractivity contribution in [2.45, 2.75) is 71.7 Å². The largest absolute Gasteiger partial charge is 0.459 e. The molecule has 0 unspecified atom stereocenters. The molecule has 0 fully saturated rings. The van der Waals surface area contributed by atoms with Crippen LogP contribution in [-0.4, -0.2) is 31.9 Å². The number of carbonyl (C=O) groups is 1. The Hall–Kier alpha value is -1.73. The fraction of sp³-hybridized carbons (Fsp3) is 0.650. The van der Waals surface area contributed by atoms with Crippen LogP contribution in [0.1, 0.15) is 57.8 Å². The zero-order chi connectivity index (χ0) is 20.8. The van der Waals surface area contributed by atoms with Gasteiger partial charge in [0, 0.05) is 18.7 Å². The minimum Gasteiger partial charge on any atom is -0.459 e. The van der Waals surface area contributed by atoms with E-state index in [1.54, 1.807) is 0 Å². The number of benzene rings is 1. The van der Waals surface area contributed by atoms with E-state index >= 15 is 0 Å². The second-order valence-corrected chi connectivity index (χ2v) is 13.6. The van der Waals surface area contributed by atoms with Gasteiger partial charge in [-0.05, 0) is 55.9 Å². The van der Waals surface area contributed by atoms with Crippen molar-refractivity contribution in [3.8, 4) is 0 Å². The average Bonchev–Trinajstić information content (AvgIpc) is 2.53. The maximum Gasteiger partial charge on any atom is 0.338 e. The Morgan fingerprint density at radius 3 is 2.22 bits per heavy atom. The Kier molecular flexibility index (Phi) is 8.17. The molecule has 7 heteroatoms. The molecule has 152 valence electrons. The Labute approximate surface area is 163 Å². The Morgan fingerprint density at radius 2 is 1.74 bits per heavy atom. The molecule has 0 saturated heterocycles. The smallest absolute Gasteiger partial charge is 0.338 e. The van der Waals surface area contributed by atoms with Crippen LogP contribution < -0.4 is 0 Å². The second-order valence-electron chi connectivity index (χ2n) is 8.76. The van der Waals surface area contributed by atoms with E-state index in [4.69, 9.17) is 9.16 Å². The number of carbonyl (C=O) groups excluding carboxylic acids is 1. The van der Waals surface area contributed by atoms with E-state index in [1.165, 1.54) is 24.3 Å². The van der Waals surface area contributed by atoms with Crippen molar-refractivity contribution >= 4 is 20.0 Å². The topological polar surface area (TPSA) is 78.7 Å². The average molecular weight is 396 g/mol. The summed E-state index contributed by atoms with van der Waals surface area (Å²) in [5.41, 5.74) is 0.274. The maximum atomic E-state index is 12.2. The molecule has 2 atom stereocenters. The monoisotopic (exact) mass is 395 g/mol. The third-order valence-electron chi connectivity index (χ3n) is 5.24. The molecule has 0 radical (unpaired) electrons. The van der Waals surface area contributed by atoms with E-state index in [0.717, 1.165) is 19.4 Å². The zero-order valence-corrected chi connectivity index (χ0v) is 18.6. The van der Waals surface area contributed by atoms with Crippen LogP contribution in [0.25, 0.3) is 0 Å². The number of hydrogen-bond acceptors (Lipinski definition) is 5. The van der Waals surface area contributed by atoms with Crippen LogP contribution in [0.3, 0.4) is 0 Å². The lowest BCUT2D eigenvalue weighted by Crippen LogP contribution is -2.41. The van der Waals surface area contributed by atoms with E-state index < -0.39 is 19.2 Å². The van der Waals surface area contributed by atoms with Gasteiger partial charge in [0.15, 0.2) is 8.32 Å². The molecule has 27 heavy (non-hydrogen) atoms. The minimum atomic E-state index is -1.73. The first kappa shape index (κ1) is 23.3. The lowest BCUT2D eigenvalue weighted by Gasteiger charge is -2.36. The van der Waals surface area contributed by atoms with Gasteiger partial charge in [-0.2, -0.15) is 0 Å². The third kappa shape index (κ3) is 7.42. The number of nitro groups is 1. The first-order valence-electron chi connectivity index (χ1n) is 9.43. The maximum absolute atomic E-state index is 12.2. The van der Waals surface area contributed by atoms with Crippen LogP contribution in [0.5, 0.6) is 0 Å². The molecule has 1 rings (SSSR count). The number of esters is 1. The summed E-state index contributed by atoms with van der Waals surface area (Å²) in [5, 5.41) is 10.9. The van der Waals surface area contributed by atoms with E-state index in [-0.39, 0.29) is 16.8 Å². The molecule has 0 heterocycles.